The molecule has 4 nitrogen and oxygen atoms in total. The maximum atomic E-state index is 11.0. The van der Waals surface area contributed by atoms with Gasteiger partial charge in [-0.05, 0) is 5.92 Å². The molecule has 0 saturated carbocycles. The van der Waals surface area contributed by atoms with Gasteiger partial charge in [-0.1, -0.05) is 13.8 Å². The van der Waals surface area contributed by atoms with Gasteiger partial charge in [0.05, 0.1) is 0 Å². The highest BCUT2D eigenvalue weighted by Gasteiger charge is 2.19. The van der Waals surface area contributed by atoms with Crippen molar-refractivity contribution in [1.29, 1.82) is 0 Å². The van der Waals surface area contributed by atoms with Crippen molar-refractivity contribution in [2.75, 3.05) is 7.05 Å². The highest BCUT2D eigenvalue weighted by atomic mass is 16.2. The average Bonchev–Trinajstić information content (AvgIpc) is 1.98. The Morgan fingerprint density at radius 1 is 1.55 bits per heavy atom. The fourth-order valence-electron chi connectivity index (χ4n) is 0.715. The summed E-state index contributed by atoms with van der Waals surface area (Å²) in [6.45, 7) is 3.64. The summed E-state index contributed by atoms with van der Waals surface area (Å²) in [6, 6.07) is -0.600. The van der Waals surface area contributed by atoms with Gasteiger partial charge in [0.15, 0.2) is 0 Å². The van der Waals surface area contributed by atoms with E-state index in [1.54, 1.807) is 0 Å². The second-order valence-electron chi connectivity index (χ2n) is 2.52. The van der Waals surface area contributed by atoms with E-state index in [0.717, 1.165) is 0 Å². The molecule has 0 aromatic carbocycles. The van der Waals surface area contributed by atoms with Crippen molar-refractivity contribution in [3.63, 3.8) is 0 Å². The van der Waals surface area contributed by atoms with E-state index in [2.05, 4.69) is 10.3 Å². The van der Waals surface area contributed by atoms with Gasteiger partial charge in [-0.15, -0.1) is 0 Å². The molecule has 0 aromatic rings. The molecule has 11 heavy (non-hydrogen) atoms. The molecule has 0 heterocycles. The summed E-state index contributed by atoms with van der Waals surface area (Å²) in [5, 5.41) is 2.42. The van der Waals surface area contributed by atoms with Crippen molar-refractivity contribution in [3.05, 3.63) is 0 Å². The topological polar surface area (TPSA) is 58.5 Å². The molecule has 0 unspecified atom stereocenters. The molecular weight excluding hydrogens is 144 g/mol. The van der Waals surface area contributed by atoms with Crippen LogP contribution >= 0.6 is 0 Å². The minimum Gasteiger partial charge on any atom is -0.357 e. The third kappa shape index (κ3) is 2.96. The molecule has 1 N–H and O–H groups in total. The number of hydrogen-bond donors (Lipinski definition) is 1. The molecule has 0 rings (SSSR count). The first-order chi connectivity index (χ1) is 5.13. The predicted octanol–water partition coefficient (Wildman–Crippen LogP) is 0.0928. The fraction of sp³-hybridized carbons (Fsp3) is 0.714. The minimum atomic E-state index is -0.600. The van der Waals surface area contributed by atoms with E-state index in [4.69, 9.17) is 0 Å². The van der Waals surface area contributed by atoms with Crippen LogP contribution in [0.15, 0.2) is 4.99 Å². The number of nitrogens with zero attached hydrogens (tertiary/aromatic N) is 1. The summed E-state index contributed by atoms with van der Waals surface area (Å²) < 4.78 is 0. The zero-order chi connectivity index (χ0) is 8.85. The third-order valence-corrected chi connectivity index (χ3v) is 1.34. The SMILES string of the molecule is CNC(=O)[C@@H](N=C=O)C(C)C. The normalized spacial score (nSPS) is 12.0. The largest absolute Gasteiger partial charge is 0.357 e. The Kier molecular flexibility index (Phi) is 4.15. The predicted molar refractivity (Wildman–Crippen MR) is 40.8 cm³/mol. The van der Waals surface area contributed by atoms with E-state index < -0.39 is 6.04 Å². The van der Waals surface area contributed by atoms with E-state index in [1.165, 1.54) is 13.1 Å². The van der Waals surface area contributed by atoms with Gasteiger partial charge in [0.2, 0.25) is 12.0 Å². The Balaban J connectivity index is 4.33. The Morgan fingerprint density at radius 2 is 2.09 bits per heavy atom. The first-order valence-electron chi connectivity index (χ1n) is 3.42. The monoisotopic (exact) mass is 156 g/mol. The number of isocyanates is 1. The highest BCUT2D eigenvalue weighted by Crippen LogP contribution is 2.04. The molecule has 0 fully saturated rings. The molecular formula is C7H12N2O2. The Morgan fingerprint density at radius 3 is 2.36 bits per heavy atom. The molecule has 0 saturated heterocycles. The van der Waals surface area contributed by atoms with Crippen LogP contribution in [0.1, 0.15) is 13.8 Å². The number of rotatable bonds is 3. The smallest absolute Gasteiger partial charge is 0.245 e. The van der Waals surface area contributed by atoms with Crippen LogP contribution in [0.2, 0.25) is 0 Å². The van der Waals surface area contributed by atoms with Gasteiger partial charge in [-0.25, -0.2) is 4.79 Å². The maximum Gasteiger partial charge on any atom is 0.245 e. The Hall–Kier alpha value is -1.15. The quantitative estimate of drug-likeness (QED) is 0.465. The van der Waals surface area contributed by atoms with Crippen LogP contribution in [0.3, 0.4) is 0 Å². The van der Waals surface area contributed by atoms with E-state index in [0.29, 0.717) is 0 Å². The van der Waals surface area contributed by atoms with Crippen LogP contribution in [0, 0.1) is 5.92 Å². The average molecular weight is 156 g/mol. The number of carbonyl (C=O) groups is 1. The minimum absolute atomic E-state index is 0.0244. The fourth-order valence-corrected chi connectivity index (χ4v) is 0.715. The summed E-state index contributed by atoms with van der Waals surface area (Å²) in [4.78, 5) is 24.2. The molecule has 0 aromatic heterocycles. The number of likely N-dealkylation sites (N-methyl/N-ethyl adjacent to an activating group) is 1. The second-order valence-corrected chi connectivity index (χ2v) is 2.52. The van der Waals surface area contributed by atoms with Crippen LogP contribution in [-0.2, 0) is 9.59 Å². The Bertz CT molecular complexity index is 183. The molecule has 4 heteroatoms. The molecule has 1 amide bonds. The molecule has 62 valence electrons. The zero-order valence-electron chi connectivity index (χ0n) is 6.92. The Labute approximate surface area is 65.7 Å². The highest BCUT2D eigenvalue weighted by molar-refractivity contribution is 5.82. The molecule has 0 aliphatic carbocycles. The van der Waals surface area contributed by atoms with E-state index in [-0.39, 0.29) is 11.8 Å². The van der Waals surface area contributed by atoms with Crippen molar-refractivity contribution in [1.82, 2.24) is 5.32 Å². The zero-order valence-corrected chi connectivity index (χ0v) is 6.92. The van der Waals surface area contributed by atoms with Gasteiger partial charge in [-0.3, -0.25) is 4.79 Å². The van der Waals surface area contributed by atoms with Crippen LogP contribution in [0.4, 0.5) is 0 Å². The molecule has 0 bridgehead atoms. The van der Waals surface area contributed by atoms with Crippen molar-refractivity contribution >= 4 is 12.0 Å². The second kappa shape index (κ2) is 4.63. The van der Waals surface area contributed by atoms with Crippen LogP contribution in [0.5, 0.6) is 0 Å². The lowest BCUT2D eigenvalue weighted by Crippen LogP contribution is -2.34. The lowest BCUT2D eigenvalue weighted by Gasteiger charge is -2.11. The van der Waals surface area contributed by atoms with Gasteiger partial charge in [0, 0.05) is 7.05 Å². The number of hydrogen-bond acceptors (Lipinski definition) is 3. The maximum absolute atomic E-state index is 11.0. The molecule has 0 radical (unpaired) electrons. The molecule has 0 aliphatic rings. The van der Waals surface area contributed by atoms with E-state index >= 15 is 0 Å². The van der Waals surface area contributed by atoms with Crippen molar-refractivity contribution < 1.29 is 9.59 Å². The van der Waals surface area contributed by atoms with Crippen LogP contribution in [0.25, 0.3) is 0 Å². The van der Waals surface area contributed by atoms with Crippen LogP contribution < -0.4 is 5.32 Å². The molecule has 0 aliphatic heterocycles. The summed E-state index contributed by atoms with van der Waals surface area (Å²) in [5.74, 6) is -0.222. The van der Waals surface area contributed by atoms with Crippen molar-refractivity contribution in [2.45, 2.75) is 19.9 Å². The standard InChI is InChI=1S/C7H12N2O2/c1-5(2)6(9-4-10)7(11)8-3/h5-6H,1-3H3,(H,8,11)/t6-/m0/s1. The number of carbonyl (C=O) groups excluding carboxylic acids is 2. The van der Waals surface area contributed by atoms with Crippen molar-refractivity contribution in [2.24, 2.45) is 10.9 Å². The number of amides is 1. The van der Waals surface area contributed by atoms with E-state index in [9.17, 15) is 9.59 Å². The van der Waals surface area contributed by atoms with E-state index in [1.807, 2.05) is 13.8 Å². The van der Waals surface area contributed by atoms with Gasteiger partial charge in [0.1, 0.15) is 6.04 Å². The molecule has 0 spiro atoms. The lowest BCUT2D eigenvalue weighted by atomic mass is 10.1. The number of aliphatic imine (C=N–C) groups is 1. The van der Waals surface area contributed by atoms with Gasteiger partial charge >= 0.3 is 0 Å². The first kappa shape index (κ1) is 9.85. The van der Waals surface area contributed by atoms with Gasteiger partial charge < -0.3 is 5.32 Å². The molecule has 1 atom stereocenters. The van der Waals surface area contributed by atoms with Gasteiger partial charge in [-0.2, -0.15) is 4.99 Å². The first-order valence-corrected chi connectivity index (χ1v) is 3.42. The van der Waals surface area contributed by atoms with Gasteiger partial charge in [0.25, 0.3) is 0 Å². The summed E-state index contributed by atoms with van der Waals surface area (Å²) in [7, 11) is 1.51. The van der Waals surface area contributed by atoms with Crippen molar-refractivity contribution in [3.8, 4) is 0 Å². The van der Waals surface area contributed by atoms with Crippen LogP contribution in [-0.4, -0.2) is 25.1 Å². The summed E-state index contributed by atoms with van der Waals surface area (Å²) >= 11 is 0. The number of nitrogens with one attached hydrogen (secondary N) is 1. The lowest BCUT2D eigenvalue weighted by molar-refractivity contribution is -0.122. The third-order valence-electron chi connectivity index (χ3n) is 1.34. The summed E-state index contributed by atoms with van der Waals surface area (Å²) in [6.07, 6.45) is 1.38. The summed E-state index contributed by atoms with van der Waals surface area (Å²) in [5.41, 5.74) is 0.